The van der Waals surface area contributed by atoms with Gasteiger partial charge >= 0.3 is 0 Å². The molecule has 98 valence electrons. The zero-order valence-electron chi connectivity index (χ0n) is 11.5. The fourth-order valence-electron chi connectivity index (χ4n) is 1.63. The standard InChI is InChI=1S/C15H27NO/c1-4-6-7-8-9-10-11-13-15(17)16-14(3)12-5-2/h9-11,13-14H,4-8,12H2,1-3H3,(H,16,17)/b10-9+,13-11+/t14-/m0/s1. The van der Waals surface area contributed by atoms with Crippen LogP contribution >= 0.6 is 0 Å². The molecular weight excluding hydrogens is 210 g/mol. The summed E-state index contributed by atoms with van der Waals surface area (Å²) in [5.74, 6) is 0.00385. The van der Waals surface area contributed by atoms with Gasteiger partial charge in [-0.3, -0.25) is 4.79 Å². The molecule has 0 aliphatic heterocycles. The molecule has 0 fully saturated rings. The molecule has 0 rings (SSSR count). The van der Waals surface area contributed by atoms with Gasteiger partial charge in [-0.1, -0.05) is 51.3 Å². The highest BCUT2D eigenvalue weighted by atomic mass is 16.1. The molecule has 0 aliphatic carbocycles. The maximum Gasteiger partial charge on any atom is 0.244 e. The molecule has 0 aliphatic rings. The third-order valence-electron chi connectivity index (χ3n) is 2.58. The van der Waals surface area contributed by atoms with Crippen molar-refractivity contribution in [3.05, 3.63) is 24.3 Å². The van der Waals surface area contributed by atoms with Gasteiger partial charge in [-0.05, 0) is 26.2 Å². The smallest absolute Gasteiger partial charge is 0.244 e. The highest BCUT2D eigenvalue weighted by molar-refractivity contribution is 5.87. The average Bonchev–Trinajstić information content (AvgIpc) is 2.28. The number of rotatable bonds is 9. The van der Waals surface area contributed by atoms with Gasteiger partial charge in [0.2, 0.25) is 5.91 Å². The van der Waals surface area contributed by atoms with Crippen LogP contribution in [0.4, 0.5) is 0 Å². The molecule has 2 nitrogen and oxygen atoms in total. The molecule has 0 spiro atoms. The molecule has 17 heavy (non-hydrogen) atoms. The van der Waals surface area contributed by atoms with Crippen molar-refractivity contribution in [2.24, 2.45) is 0 Å². The van der Waals surface area contributed by atoms with E-state index in [0.29, 0.717) is 0 Å². The summed E-state index contributed by atoms with van der Waals surface area (Å²) in [6.45, 7) is 6.36. The summed E-state index contributed by atoms with van der Waals surface area (Å²) in [5, 5.41) is 2.93. The first-order valence-electron chi connectivity index (χ1n) is 6.84. The van der Waals surface area contributed by atoms with Gasteiger partial charge in [0.15, 0.2) is 0 Å². The normalized spacial score (nSPS) is 13.4. The van der Waals surface area contributed by atoms with E-state index in [-0.39, 0.29) is 11.9 Å². The molecule has 0 saturated carbocycles. The summed E-state index contributed by atoms with van der Waals surface area (Å²) in [5.41, 5.74) is 0. The fourth-order valence-corrected chi connectivity index (χ4v) is 1.63. The third-order valence-corrected chi connectivity index (χ3v) is 2.58. The van der Waals surface area contributed by atoms with Crippen LogP contribution in [0.1, 0.15) is 59.3 Å². The Labute approximate surface area is 106 Å². The van der Waals surface area contributed by atoms with Gasteiger partial charge in [-0.2, -0.15) is 0 Å². The monoisotopic (exact) mass is 237 g/mol. The minimum Gasteiger partial charge on any atom is -0.350 e. The van der Waals surface area contributed by atoms with Crippen LogP contribution in [0.3, 0.4) is 0 Å². The van der Waals surface area contributed by atoms with Gasteiger partial charge in [0.1, 0.15) is 0 Å². The summed E-state index contributed by atoms with van der Waals surface area (Å²) in [6.07, 6.45) is 14.5. The van der Waals surface area contributed by atoms with Crippen molar-refractivity contribution in [2.75, 3.05) is 0 Å². The number of amides is 1. The van der Waals surface area contributed by atoms with E-state index in [1.165, 1.54) is 19.3 Å². The molecule has 0 aromatic heterocycles. The van der Waals surface area contributed by atoms with E-state index >= 15 is 0 Å². The first kappa shape index (κ1) is 16.0. The zero-order valence-corrected chi connectivity index (χ0v) is 11.5. The second-order valence-corrected chi connectivity index (χ2v) is 4.48. The van der Waals surface area contributed by atoms with Gasteiger partial charge in [0, 0.05) is 12.1 Å². The summed E-state index contributed by atoms with van der Waals surface area (Å²) in [4.78, 5) is 11.4. The molecule has 0 bridgehead atoms. The van der Waals surface area contributed by atoms with Crippen LogP contribution in [0.2, 0.25) is 0 Å². The predicted molar refractivity (Wildman–Crippen MR) is 74.9 cm³/mol. The number of carbonyl (C=O) groups excluding carboxylic acids is 1. The lowest BCUT2D eigenvalue weighted by molar-refractivity contribution is -0.117. The molecule has 2 heteroatoms. The number of allylic oxidation sites excluding steroid dienone is 3. The van der Waals surface area contributed by atoms with Gasteiger partial charge in [-0.15, -0.1) is 0 Å². The third kappa shape index (κ3) is 11.2. The molecule has 1 N–H and O–H groups in total. The Morgan fingerprint density at radius 1 is 1.18 bits per heavy atom. The Hall–Kier alpha value is -1.05. The lowest BCUT2D eigenvalue weighted by Gasteiger charge is -2.09. The molecule has 1 atom stereocenters. The molecule has 0 unspecified atom stereocenters. The average molecular weight is 237 g/mol. The van der Waals surface area contributed by atoms with Crippen molar-refractivity contribution < 1.29 is 4.79 Å². The van der Waals surface area contributed by atoms with E-state index in [4.69, 9.17) is 0 Å². The largest absolute Gasteiger partial charge is 0.350 e. The first-order valence-corrected chi connectivity index (χ1v) is 6.84. The Balaban J connectivity index is 3.65. The van der Waals surface area contributed by atoms with Crippen molar-refractivity contribution in [1.82, 2.24) is 5.32 Å². The molecular formula is C15H27NO. The maximum atomic E-state index is 11.4. The van der Waals surface area contributed by atoms with E-state index in [1.807, 2.05) is 19.1 Å². The van der Waals surface area contributed by atoms with Crippen LogP contribution in [0.25, 0.3) is 0 Å². The van der Waals surface area contributed by atoms with Crippen LogP contribution in [0, 0.1) is 0 Å². The van der Waals surface area contributed by atoms with Crippen LogP contribution in [-0.4, -0.2) is 11.9 Å². The summed E-state index contributed by atoms with van der Waals surface area (Å²) in [7, 11) is 0. The molecule has 0 heterocycles. The Morgan fingerprint density at radius 2 is 1.94 bits per heavy atom. The molecule has 0 aromatic carbocycles. The van der Waals surface area contributed by atoms with Crippen molar-refractivity contribution >= 4 is 5.91 Å². The Kier molecular flexibility index (Phi) is 10.7. The van der Waals surface area contributed by atoms with Gasteiger partial charge in [0.25, 0.3) is 0 Å². The van der Waals surface area contributed by atoms with E-state index in [9.17, 15) is 4.79 Å². The van der Waals surface area contributed by atoms with Crippen molar-refractivity contribution in [3.8, 4) is 0 Å². The van der Waals surface area contributed by atoms with E-state index in [0.717, 1.165) is 19.3 Å². The number of unbranched alkanes of at least 4 members (excludes halogenated alkanes) is 3. The van der Waals surface area contributed by atoms with Crippen molar-refractivity contribution in [1.29, 1.82) is 0 Å². The van der Waals surface area contributed by atoms with Gasteiger partial charge in [-0.25, -0.2) is 0 Å². The highest BCUT2D eigenvalue weighted by Gasteiger charge is 2.01. The van der Waals surface area contributed by atoms with Crippen molar-refractivity contribution in [2.45, 2.75) is 65.3 Å². The summed E-state index contributed by atoms with van der Waals surface area (Å²) < 4.78 is 0. The highest BCUT2D eigenvalue weighted by Crippen LogP contribution is 1.99. The molecule has 0 aromatic rings. The SMILES string of the molecule is CCCCC/C=C/C=C/C(=O)N[C@@H](C)CCC. The molecule has 1 amide bonds. The number of nitrogens with one attached hydrogen (secondary N) is 1. The van der Waals surface area contributed by atoms with Crippen LogP contribution in [0.5, 0.6) is 0 Å². The van der Waals surface area contributed by atoms with Crippen LogP contribution in [0.15, 0.2) is 24.3 Å². The minimum atomic E-state index is 0.00385. The summed E-state index contributed by atoms with van der Waals surface area (Å²) >= 11 is 0. The lowest BCUT2D eigenvalue weighted by atomic mass is 10.2. The van der Waals surface area contributed by atoms with Gasteiger partial charge < -0.3 is 5.32 Å². The fraction of sp³-hybridized carbons (Fsp3) is 0.667. The first-order chi connectivity index (χ1) is 8.20. The minimum absolute atomic E-state index is 0.00385. The zero-order chi connectivity index (χ0) is 12.9. The summed E-state index contributed by atoms with van der Waals surface area (Å²) in [6, 6.07) is 0.269. The maximum absolute atomic E-state index is 11.4. The number of hydrogen-bond acceptors (Lipinski definition) is 1. The molecule has 0 radical (unpaired) electrons. The van der Waals surface area contributed by atoms with Crippen LogP contribution in [-0.2, 0) is 4.79 Å². The number of carbonyl (C=O) groups is 1. The molecule has 0 saturated heterocycles. The lowest BCUT2D eigenvalue weighted by Crippen LogP contribution is -2.30. The van der Waals surface area contributed by atoms with E-state index < -0.39 is 0 Å². The van der Waals surface area contributed by atoms with Crippen LogP contribution < -0.4 is 5.32 Å². The van der Waals surface area contributed by atoms with Crippen molar-refractivity contribution in [3.63, 3.8) is 0 Å². The predicted octanol–water partition coefficient (Wildman–Crippen LogP) is 3.98. The second kappa shape index (κ2) is 11.4. The Bertz CT molecular complexity index is 243. The quantitative estimate of drug-likeness (QED) is 0.367. The van der Waals surface area contributed by atoms with E-state index in [2.05, 4.69) is 25.2 Å². The van der Waals surface area contributed by atoms with E-state index in [1.54, 1.807) is 6.08 Å². The second-order valence-electron chi connectivity index (χ2n) is 4.48. The Morgan fingerprint density at radius 3 is 2.59 bits per heavy atom. The van der Waals surface area contributed by atoms with Gasteiger partial charge in [0.05, 0.1) is 0 Å². The topological polar surface area (TPSA) is 29.1 Å². The number of hydrogen-bond donors (Lipinski definition) is 1.